The molecule has 6 heteroatoms. The third-order valence-electron chi connectivity index (χ3n) is 5.65. The number of hydrogen-bond donors (Lipinski definition) is 2. The van der Waals surface area contributed by atoms with E-state index in [1.54, 1.807) is 4.90 Å². The molecular formula is C18H28N4O2. The summed E-state index contributed by atoms with van der Waals surface area (Å²) in [5.74, 6) is 0.534. The van der Waals surface area contributed by atoms with Crippen molar-refractivity contribution in [1.29, 1.82) is 0 Å². The molecule has 24 heavy (non-hydrogen) atoms. The highest BCUT2D eigenvalue weighted by molar-refractivity contribution is 5.94. The highest BCUT2D eigenvalue weighted by Gasteiger charge is 2.34. The summed E-state index contributed by atoms with van der Waals surface area (Å²) < 4.78 is 0. The first-order valence-electron chi connectivity index (χ1n) is 8.95. The highest BCUT2D eigenvalue weighted by Crippen LogP contribution is 2.32. The number of carbonyl (C=O) groups is 2. The lowest BCUT2D eigenvalue weighted by atomic mass is 9.80. The number of aromatic nitrogens is 1. The van der Waals surface area contributed by atoms with Crippen molar-refractivity contribution in [3.63, 3.8) is 0 Å². The summed E-state index contributed by atoms with van der Waals surface area (Å²) in [6.45, 7) is 1.90. The number of carbonyl (C=O) groups excluding carboxylic acids is 2. The van der Waals surface area contributed by atoms with Gasteiger partial charge in [-0.1, -0.05) is 0 Å². The number of H-pyrrole nitrogens is 1. The van der Waals surface area contributed by atoms with E-state index >= 15 is 0 Å². The summed E-state index contributed by atoms with van der Waals surface area (Å²) in [6.07, 6.45) is 7.94. The van der Waals surface area contributed by atoms with Crippen molar-refractivity contribution in [3.05, 3.63) is 18.5 Å². The summed E-state index contributed by atoms with van der Waals surface area (Å²) in [6, 6.07) is 2.23. The zero-order valence-corrected chi connectivity index (χ0v) is 14.6. The lowest BCUT2D eigenvalue weighted by Crippen LogP contribution is -2.43. The smallest absolute Gasteiger partial charge is 0.229 e. The van der Waals surface area contributed by atoms with Crippen molar-refractivity contribution < 1.29 is 9.59 Å². The summed E-state index contributed by atoms with van der Waals surface area (Å²) in [4.78, 5) is 31.9. The average molecular weight is 332 g/mol. The van der Waals surface area contributed by atoms with Gasteiger partial charge in [0.25, 0.3) is 0 Å². The SMILES string of the molecule is CN(C(=O)C1CCC(C(=O)N(C)C2CCNC2)CC1)c1cc[nH]c1. The molecule has 2 heterocycles. The summed E-state index contributed by atoms with van der Waals surface area (Å²) in [5.41, 5.74) is 0.895. The second-order valence-electron chi connectivity index (χ2n) is 7.11. The van der Waals surface area contributed by atoms with Crippen LogP contribution in [0.2, 0.25) is 0 Å². The van der Waals surface area contributed by atoms with E-state index in [-0.39, 0.29) is 23.7 Å². The number of aromatic amines is 1. The number of likely N-dealkylation sites (N-methyl/N-ethyl adjacent to an activating group) is 1. The fourth-order valence-corrected chi connectivity index (χ4v) is 3.95. The molecule has 0 aromatic carbocycles. The molecule has 2 aliphatic rings. The minimum absolute atomic E-state index is 0.0346. The van der Waals surface area contributed by atoms with Gasteiger partial charge in [0.05, 0.1) is 5.69 Å². The average Bonchev–Trinajstić information content (AvgIpc) is 3.32. The molecule has 2 fully saturated rings. The Kier molecular flexibility index (Phi) is 5.23. The lowest BCUT2D eigenvalue weighted by Gasteiger charge is -2.33. The molecule has 1 saturated heterocycles. The second-order valence-corrected chi connectivity index (χ2v) is 7.11. The van der Waals surface area contributed by atoms with Crippen molar-refractivity contribution in [2.24, 2.45) is 11.8 Å². The maximum atomic E-state index is 12.7. The molecule has 2 N–H and O–H groups in total. The minimum Gasteiger partial charge on any atom is -0.366 e. The van der Waals surface area contributed by atoms with Crippen LogP contribution in [0.5, 0.6) is 0 Å². The van der Waals surface area contributed by atoms with Crippen LogP contribution in [0.3, 0.4) is 0 Å². The van der Waals surface area contributed by atoms with Crippen molar-refractivity contribution in [2.75, 3.05) is 32.1 Å². The second kappa shape index (κ2) is 7.38. The predicted octanol–water partition coefficient (Wildman–Crippen LogP) is 1.60. The third-order valence-corrected chi connectivity index (χ3v) is 5.65. The van der Waals surface area contributed by atoms with Gasteiger partial charge >= 0.3 is 0 Å². The Hall–Kier alpha value is -1.82. The van der Waals surface area contributed by atoms with Gasteiger partial charge in [0, 0.05) is 50.9 Å². The molecule has 0 radical (unpaired) electrons. The fraction of sp³-hybridized carbons (Fsp3) is 0.667. The van der Waals surface area contributed by atoms with Crippen LogP contribution < -0.4 is 10.2 Å². The van der Waals surface area contributed by atoms with Crippen LogP contribution in [0.1, 0.15) is 32.1 Å². The van der Waals surface area contributed by atoms with Gasteiger partial charge in [-0.2, -0.15) is 0 Å². The first kappa shape index (κ1) is 17.0. The molecule has 1 aromatic rings. The molecule has 1 aromatic heterocycles. The molecule has 2 amide bonds. The fourth-order valence-electron chi connectivity index (χ4n) is 3.95. The van der Waals surface area contributed by atoms with Crippen LogP contribution in [0.4, 0.5) is 5.69 Å². The van der Waals surface area contributed by atoms with E-state index in [9.17, 15) is 9.59 Å². The molecule has 132 valence electrons. The van der Waals surface area contributed by atoms with Crippen molar-refractivity contribution in [3.8, 4) is 0 Å². The van der Waals surface area contributed by atoms with Gasteiger partial charge in [-0.15, -0.1) is 0 Å². The molecule has 1 atom stereocenters. The minimum atomic E-state index is 0.0346. The number of amides is 2. The largest absolute Gasteiger partial charge is 0.366 e. The zero-order valence-electron chi connectivity index (χ0n) is 14.6. The van der Waals surface area contributed by atoms with Crippen molar-refractivity contribution in [2.45, 2.75) is 38.1 Å². The molecule has 1 saturated carbocycles. The van der Waals surface area contributed by atoms with E-state index in [1.807, 2.05) is 37.5 Å². The van der Waals surface area contributed by atoms with Crippen LogP contribution >= 0.6 is 0 Å². The monoisotopic (exact) mass is 332 g/mol. The third kappa shape index (κ3) is 3.48. The van der Waals surface area contributed by atoms with Gasteiger partial charge in [0.2, 0.25) is 11.8 Å². The summed E-state index contributed by atoms with van der Waals surface area (Å²) in [5, 5.41) is 3.31. The number of anilines is 1. The molecule has 6 nitrogen and oxygen atoms in total. The molecule has 1 aliphatic carbocycles. The molecule has 1 unspecified atom stereocenters. The lowest BCUT2D eigenvalue weighted by molar-refractivity contribution is -0.138. The number of nitrogens with zero attached hydrogens (tertiary/aromatic N) is 2. The highest BCUT2D eigenvalue weighted by atomic mass is 16.2. The van der Waals surface area contributed by atoms with E-state index in [2.05, 4.69) is 10.3 Å². The number of hydrogen-bond acceptors (Lipinski definition) is 3. The van der Waals surface area contributed by atoms with Gasteiger partial charge in [-0.25, -0.2) is 0 Å². The first-order valence-corrected chi connectivity index (χ1v) is 8.95. The van der Waals surface area contributed by atoms with E-state index in [1.165, 1.54) is 0 Å². The Morgan fingerprint density at radius 3 is 2.25 bits per heavy atom. The normalized spacial score (nSPS) is 27.0. The maximum absolute atomic E-state index is 12.7. The Balaban J connectivity index is 1.51. The molecule has 0 bridgehead atoms. The Morgan fingerprint density at radius 1 is 1.04 bits per heavy atom. The number of rotatable bonds is 4. The van der Waals surface area contributed by atoms with Crippen LogP contribution in [-0.2, 0) is 9.59 Å². The van der Waals surface area contributed by atoms with Gasteiger partial charge in [0.15, 0.2) is 0 Å². The Bertz CT molecular complexity index is 558. The van der Waals surface area contributed by atoms with Crippen LogP contribution in [0.15, 0.2) is 18.5 Å². The molecule has 0 spiro atoms. The quantitative estimate of drug-likeness (QED) is 0.880. The van der Waals surface area contributed by atoms with E-state index in [0.29, 0.717) is 6.04 Å². The number of nitrogens with one attached hydrogen (secondary N) is 2. The Labute approximate surface area is 143 Å². The van der Waals surface area contributed by atoms with Crippen molar-refractivity contribution >= 4 is 17.5 Å². The van der Waals surface area contributed by atoms with Gasteiger partial charge < -0.3 is 20.1 Å². The van der Waals surface area contributed by atoms with E-state index in [4.69, 9.17) is 0 Å². The van der Waals surface area contributed by atoms with Gasteiger partial charge in [0.1, 0.15) is 0 Å². The van der Waals surface area contributed by atoms with Crippen LogP contribution in [0, 0.1) is 11.8 Å². The predicted molar refractivity (Wildman–Crippen MR) is 93.7 cm³/mol. The Morgan fingerprint density at radius 2 is 1.71 bits per heavy atom. The molecule has 3 rings (SSSR count). The molecular weight excluding hydrogens is 304 g/mol. The van der Waals surface area contributed by atoms with Gasteiger partial charge in [-0.05, 0) is 44.7 Å². The molecule has 1 aliphatic heterocycles. The van der Waals surface area contributed by atoms with Crippen molar-refractivity contribution in [1.82, 2.24) is 15.2 Å². The zero-order chi connectivity index (χ0) is 17.1. The standard InChI is InChI=1S/C18H28N4O2/c1-21(15-7-9-19-11-15)17(23)13-3-5-14(6-4-13)18(24)22(2)16-8-10-20-12-16/h7,9,11,13-14,16,19-20H,3-6,8,10,12H2,1-2H3. The van der Waals surface area contributed by atoms with Crippen LogP contribution in [0.25, 0.3) is 0 Å². The first-order chi connectivity index (χ1) is 11.6. The topological polar surface area (TPSA) is 68.4 Å². The van der Waals surface area contributed by atoms with E-state index in [0.717, 1.165) is 50.9 Å². The summed E-state index contributed by atoms with van der Waals surface area (Å²) in [7, 11) is 3.75. The van der Waals surface area contributed by atoms with Gasteiger partial charge in [-0.3, -0.25) is 9.59 Å². The van der Waals surface area contributed by atoms with Crippen LogP contribution in [-0.4, -0.2) is 54.9 Å². The summed E-state index contributed by atoms with van der Waals surface area (Å²) >= 11 is 0. The maximum Gasteiger partial charge on any atom is 0.229 e. The van der Waals surface area contributed by atoms with E-state index < -0.39 is 0 Å².